The van der Waals surface area contributed by atoms with Crippen molar-refractivity contribution in [2.24, 2.45) is 5.92 Å². The van der Waals surface area contributed by atoms with E-state index in [1.54, 1.807) is 20.8 Å². The molecule has 2 N–H and O–H groups in total. The number of ketones is 1. The van der Waals surface area contributed by atoms with Crippen LogP contribution in [-0.4, -0.2) is 32.0 Å². The van der Waals surface area contributed by atoms with Gasteiger partial charge >= 0.3 is 0 Å². The minimum atomic E-state index is -3.17. The quantitative estimate of drug-likeness (QED) is 0.739. The van der Waals surface area contributed by atoms with E-state index < -0.39 is 10.0 Å². The van der Waals surface area contributed by atoms with Crippen LogP contribution in [-0.2, 0) is 10.0 Å². The first kappa shape index (κ1) is 18.9. The van der Waals surface area contributed by atoms with Crippen molar-refractivity contribution in [3.8, 4) is 0 Å². The lowest BCUT2D eigenvalue weighted by Crippen LogP contribution is -2.41. The van der Waals surface area contributed by atoms with Crippen LogP contribution in [0.25, 0.3) is 0 Å². The maximum absolute atomic E-state index is 11.9. The van der Waals surface area contributed by atoms with Gasteiger partial charge in [0.15, 0.2) is 5.78 Å². The van der Waals surface area contributed by atoms with E-state index in [4.69, 9.17) is 0 Å². The Morgan fingerprint density at radius 1 is 1.12 bits per heavy atom. The third-order valence-corrected chi connectivity index (χ3v) is 6.59. The van der Waals surface area contributed by atoms with Crippen LogP contribution in [0, 0.1) is 5.92 Å². The zero-order valence-corrected chi connectivity index (χ0v) is 15.5. The second kappa shape index (κ2) is 8.12. The number of hydrogen-bond donors (Lipinski definition) is 2. The number of sulfonamides is 1. The number of nitrogens with one attached hydrogen (secondary N) is 2. The van der Waals surface area contributed by atoms with Crippen molar-refractivity contribution in [1.82, 2.24) is 4.72 Å². The molecule has 5 nitrogen and oxygen atoms in total. The van der Waals surface area contributed by atoms with Gasteiger partial charge in [0.2, 0.25) is 10.0 Å². The number of hydrogen-bond acceptors (Lipinski definition) is 4. The van der Waals surface area contributed by atoms with E-state index in [9.17, 15) is 13.2 Å². The van der Waals surface area contributed by atoms with Crippen LogP contribution in [0.2, 0.25) is 0 Å². The molecule has 0 atom stereocenters. The Morgan fingerprint density at radius 2 is 1.71 bits per heavy atom. The molecule has 0 amide bonds. The van der Waals surface area contributed by atoms with E-state index >= 15 is 0 Å². The van der Waals surface area contributed by atoms with E-state index in [2.05, 4.69) is 10.0 Å². The van der Waals surface area contributed by atoms with Crippen LogP contribution in [0.3, 0.4) is 0 Å². The lowest BCUT2D eigenvalue weighted by molar-refractivity contribution is 0.101. The normalized spacial score (nSPS) is 21.7. The topological polar surface area (TPSA) is 75.3 Å². The summed E-state index contributed by atoms with van der Waals surface area (Å²) in [6, 6.07) is 7.60. The van der Waals surface area contributed by atoms with E-state index in [1.165, 1.54) is 0 Å². The average Bonchev–Trinajstić information content (AvgIpc) is 2.54. The largest absolute Gasteiger partial charge is 0.385 e. The molecule has 0 heterocycles. The maximum Gasteiger partial charge on any atom is 0.214 e. The Bertz CT molecular complexity index is 645. The number of rotatable bonds is 7. The molecule has 1 saturated carbocycles. The molecule has 1 aromatic rings. The summed E-state index contributed by atoms with van der Waals surface area (Å²) in [5.74, 6) is 0.626. The van der Waals surface area contributed by atoms with Crippen molar-refractivity contribution >= 4 is 21.5 Å². The number of Topliss-reactive ketones (excluding diaryl/α,β-unsaturated/α-hetero) is 1. The van der Waals surface area contributed by atoms with Gasteiger partial charge < -0.3 is 5.32 Å². The smallest absolute Gasteiger partial charge is 0.214 e. The Balaban J connectivity index is 1.76. The molecule has 0 spiro atoms. The highest BCUT2D eigenvalue weighted by Gasteiger charge is 2.26. The highest BCUT2D eigenvalue weighted by molar-refractivity contribution is 7.90. The second-order valence-corrected chi connectivity index (χ2v) is 9.21. The first-order chi connectivity index (χ1) is 11.3. The van der Waals surface area contributed by atoms with E-state index in [-0.39, 0.29) is 17.1 Å². The number of carbonyl (C=O) groups is 1. The molecule has 1 fully saturated rings. The fraction of sp³-hybridized carbons (Fsp3) is 0.611. The summed E-state index contributed by atoms with van der Waals surface area (Å²) in [5, 5.41) is 3.03. The van der Waals surface area contributed by atoms with Gasteiger partial charge in [-0.2, -0.15) is 0 Å². The monoisotopic (exact) mass is 352 g/mol. The average molecular weight is 353 g/mol. The molecule has 0 aliphatic heterocycles. The van der Waals surface area contributed by atoms with E-state index in [0.29, 0.717) is 5.92 Å². The maximum atomic E-state index is 11.9. The number of anilines is 1. The molecule has 0 saturated heterocycles. The molecule has 134 valence electrons. The van der Waals surface area contributed by atoms with Gasteiger partial charge in [0, 0.05) is 23.8 Å². The van der Waals surface area contributed by atoms with Crippen molar-refractivity contribution in [2.45, 2.75) is 57.7 Å². The third-order valence-electron chi connectivity index (χ3n) is 4.68. The lowest BCUT2D eigenvalue weighted by Gasteiger charge is -2.29. The SMILES string of the molecule is CC(=O)c1ccc(NCC2CCC(NS(=O)(=O)C(C)C)CC2)cc1. The van der Waals surface area contributed by atoms with Crippen LogP contribution in [0.4, 0.5) is 5.69 Å². The van der Waals surface area contributed by atoms with E-state index in [1.807, 2.05) is 24.3 Å². The fourth-order valence-electron chi connectivity index (χ4n) is 2.94. The Hall–Kier alpha value is -1.40. The Kier molecular flexibility index (Phi) is 6.40. The van der Waals surface area contributed by atoms with Gasteiger partial charge in [0.05, 0.1) is 5.25 Å². The summed E-state index contributed by atoms with van der Waals surface area (Å²) in [6.45, 7) is 5.85. The molecule has 24 heavy (non-hydrogen) atoms. The van der Waals surface area contributed by atoms with Crippen molar-refractivity contribution in [3.05, 3.63) is 29.8 Å². The third kappa shape index (κ3) is 5.31. The van der Waals surface area contributed by atoms with Gasteiger partial charge in [-0.25, -0.2) is 13.1 Å². The van der Waals surface area contributed by atoms with Gasteiger partial charge in [-0.05, 0) is 76.6 Å². The molecule has 1 aliphatic rings. The number of benzene rings is 1. The minimum Gasteiger partial charge on any atom is -0.385 e. The Morgan fingerprint density at radius 3 is 2.21 bits per heavy atom. The van der Waals surface area contributed by atoms with Crippen molar-refractivity contribution in [2.75, 3.05) is 11.9 Å². The van der Waals surface area contributed by atoms with Crippen molar-refractivity contribution in [3.63, 3.8) is 0 Å². The first-order valence-electron chi connectivity index (χ1n) is 8.64. The Labute approximate surface area is 145 Å². The summed E-state index contributed by atoms with van der Waals surface area (Å²) >= 11 is 0. The summed E-state index contributed by atoms with van der Waals surface area (Å²) in [6.07, 6.45) is 3.82. The molecule has 2 rings (SSSR count). The predicted molar refractivity (Wildman–Crippen MR) is 97.9 cm³/mol. The number of carbonyl (C=O) groups excluding carboxylic acids is 1. The van der Waals surface area contributed by atoms with Crippen molar-refractivity contribution < 1.29 is 13.2 Å². The van der Waals surface area contributed by atoms with Crippen LogP contribution >= 0.6 is 0 Å². The summed E-state index contributed by atoms with van der Waals surface area (Å²) < 4.78 is 26.7. The molecular formula is C18H28N2O3S. The molecule has 0 bridgehead atoms. The van der Waals surface area contributed by atoms with Gasteiger partial charge in [-0.15, -0.1) is 0 Å². The molecular weight excluding hydrogens is 324 g/mol. The second-order valence-electron chi connectivity index (χ2n) is 6.94. The molecule has 0 radical (unpaired) electrons. The zero-order chi connectivity index (χ0) is 17.7. The standard InChI is InChI=1S/C18H28N2O3S/c1-13(2)24(22,23)20-18-8-4-15(5-9-18)12-19-17-10-6-16(7-11-17)14(3)21/h6-7,10-11,13,15,18-20H,4-5,8-9,12H2,1-3H3. The summed E-state index contributed by atoms with van der Waals surface area (Å²) in [7, 11) is -3.17. The zero-order valence-electron chi connectivity index (χ0n) is 14.7. The molecule has 0 aromatic heterocycles. The highest BCUT2D eigenvalue weighted by Crippen LogP contribution is 2.25. The van der Waals surface area contributed by atoms with Crippen LogP contribution in [0.15, 0.2) is 24.3 Å². The highest BCUT2D eigenvalue weighted by atomic mass is 32.2. The minimum absolute atomic E-state index is 0.0727. The van der Waals surface area contributed by atoms with Crippen LogP contribution in [0.1, 0.15) is 56.8 Å². The summed E-state index contributed by atoms with van der Waals surface area (Å²) in [5.41, 5.74) is 1.74. The van der Waals surface area contributed by atoms with E-state index in [0.717, 1.165) is 43.5 Å². The fourth-order valence-corrected chi connectivity index (χ4v) is 3.91. The molecule has 1 aromatic carbocycles. The molecule has 6 heteroatoms. The van der Waals surface area contributed by atoms with Gasteiger partial charge in [-0.3, -0.25) is 4.79 Å². The molecule has 1 aliphatic carbocycles. The predicted octanol–water partition coefficient (Wildman–Crippen LogP) is 3.19. The lowest BCUT2D eigenvalue weighted by atomic mass is 9.86. The van der Waals surface area contributed by atoms with Gasteiger partial charge in [-0.1, -0.05) is 0 Å². The van der Waals surface area contributed by atoms with Gasteiger partial charge in [0.25, 0.3) is 0 Å². The summed E-state index contributed by atoms with van der Waals surface area (Å²) in [4.78, 5) is 11.3. The van der Waals surface area contributed by atoms with Gasteiger partial charge in [0.1, 0.15) is 0 Å². The molecule has 0 unspecified atom stereocenters. The van der Waals surface area contributed by atoms with Crippen molar-refractivity contribution in [1.29, 1.82) is 0 Å². The van der Waals surface area contributed by atoms with Crippen LogP contribution in [0.5, 0.6) is 0 Å². The van der Waals surface area contributed by atoms with Crippen LogP contribution < -0.4 is 10.0 Å². The first-order valence-corrected chi connectivity index (χ1v) is 10.2.